The van der Waals surface area contributed by atoms with Crippen molar-refractivity contribution in [2.24, 2.45) is 17.8 Å². The van der Waals surface area contributed by atoms with Gasteiger partial charge in [0.25, 0.3) is 0 Å². The summed E-state index contributed by atoms with van der Waals surface area (Å²) in [6, 6.07) is 8.81. The second kappa shape index (κ2) is 15.9. The fraction of sp³-hybridized carbons (Fsp3) is 0.690. The fourth-order valence-corrected chi connectivity index (χ4v) is 5.07. The van der Waals surface area contributed by atoms with Gasteiger partial charge in [0, 0.05) is 6.07 Å². The van der Waals surface area contributed by atoms with E-state index in [0.29, 0.717) is 21.6 Å². The Kier molecular flexibility index (Phi) is 12.6. The Morgan fingerprint density at radius 2 is 1.69 bits per heavy atom. The van der Waals surface area contributed by atoms with E-state index in [1.54, 1.807) is 6.20 Å². The van der Waals surface area contributed by atoms with Gasteiger partial charge in [-0.15, -0.1) is 10.2 Å². The topological polar surface area (TPSA) is 57.1 Å². The highest BCUT2D eigenvalue weighted by Crippen LogP contribution is 2.34. The van der Waals surface area contributed by atoms with Gasteiger partial charge in [-0.05, 0) is 48.4 Å². The van der Waals surface area contributed by atoms with E-state index in [2.05, 4.69) is 36.0 Å². The SMILES string of the molecule is CCCCC(C)CCC(C)C[Si]Oc1ccc(-c2ccc(OCCCCCCC3CC3)cn2)nn1. The van der Waals surface area contributed by atoms with Crippen molar-refractivity contribution in [2.75, 3.05) is 6.61 Å². The minimum absolute atomic E-state index is 0.422. The first kappa shape index (κ1) is 27.6. The predicted molar refractivity (Wildman–Crippen MR) is 145 cm³/mol. The Balaban J connectivity index is 1.29. The minimum atomic E-state index is 0.422. The van der Waals surface area contributed by atoms with Crippen molar-refractivity contribution >= 4 is 9.76 Å². The van der Waals surface area contributed by atoms with Crippen LogP contribution in [0, 0.1) is 17.8 Å². The van der Waals surface area contributed by atoms with Crippen LogP contribution in [0.3, 0.4) is 0 Å². The van der Waals surface area contributed by atoms with Crippen molar-refractivity contribution in [3.63, 3.8) is 0 Å². The highest BCUT2D eigenvalue weighted by atomic mass is 28.2. The summed E-state index contributed by atoms with van der Waals surface area (Å²) in [6.07, 6.45) is 17.8. The third-order valence-corrected chi connectivity index (χ3v) is 8.14. The van der Waals surface area contributed by atoms with E-state index in [0.717, 1.165) is 48.0 Å². The van der Waals surface area contributed by atoms with E-state index in [-0.39, 0.29) is 0 Å². The maximum absolute atomic E-state index is 5.87. The highest BCUT2D eigenvalue weighted by Gasteiger charge is 2.19. The van der Waals surface area contributed by atoms with Gasteiger partial charge < -0.3 is 9.16 Å². The molecule has 2 aromatic rings. The lowest BCUT2D eigenvalue weighted by molar-refractivity contribution is 0.303. The number of nitrogens with zero attached hydrogens (tertiary/aromatic N) is 3. The van der Waals surface area contributed by atoms with E-state index >= 15 is 0 Å². The molecule has 1 saturated carbocycles. The van der Waals surface area contributed by atoms with Crippen molar-refractivity contribution in [1.29, 1.82) is 0 Å². The molecule has 2 atom stereocenters. The standard InChI is InChI=1S/C29H45N3O2Si/c1-4-5-10-23(2)12-13-24(3)22-35-34-29-19-18-28(31-32-29)27-17-16-26(21-30-27)33-20-9-7-6-8-11-25-14-15-25/h16-19,21,23-25H,4-15,20,22H2,1-3H3. The van der Waals surface area contributed by atoms with Crippen LogP contribution >= 0.6 is 0 Å². The van der Waals surface area contributed by atoms with Crippen molar-refractivity contribution in [3.8, 4) is 23.0 Å². The average molecular weight is 496 g/mol. The van der Waals surface area contributed by atoms with Crippen LogP contribution in [0.25, 0.3) is 11.4 Å². The molecule has 5 nitrogen and oxygen atoms in total. The molecule has 0 saturated heterocycles. The van der Waals surface area contributed by atoms with Gasteiger partial charge >= 0.3 is 9.76 Å². The summed E-state index contributed by atoms with van der Waals surface area (Å²) in [5.41, 5.74) is 1.54. The molecule has 35 heavy (non-hydrogen) atoms. The monoisotopic (exact) mass is 495 g/mol. The lowest BCUT2D eigenvalue weighted by Crippen LogP contribution is -2.09. The second-order valence-corrected chi connectivity index (χ2v) is 11.4. The molecule has 0 N–H and O–H groups in total. The van der Waals surface area contributed by atoms with Crippen LogP contribution in [0.15, 0.2) is 30.5 Å². The molecule has 0 aliphatic heterocycles. The third kappa shape index (κ3) is 11.6. The first-order chi connectivity index (χ1) is 17.1. The Morgan fingerprint density at radius 1 is 0.886 bits per heavy atom. The van der Waals surface area contributed by atoms with Crippen LogP contribution in [0.4, 0.5) is 0 Å². The summed E-state index contributed by atoms with van der Waals surface area (Å²) in [5.74, 6) is 3.97. The zero-order chi connectivity index (χ0) is 24.7. The molecule has 2 aromatic heterocycles. The van der Waals surface area contributed by atoms with Crippen molar-refractivity contribution < 1.29 is 9.16 Å². The van der Waals surface area contributed by atoms with Gasteiger partial charge in [-0.25, -0.2) is 0 Å². The number of rotatable bonds is 19. The highest BCUT2D eigenvalue weighted by molar-refractivity contribution is 6.28. The molecule has 0 aromatic carbocycles. The van der Waals surface area contributed by atoms with Crippen molar-refractivity contribution in [3.05, 3.63) is 30.5 Å². The van der Waals surface area contributed by atoms with Crippen LogP contribution in [-0.4, -0.2) is 31.6 Å². The smallest absolute Gasteiger partial charge is 0.313 e. The van der Waals surface area contributed by atoms with Gasteiger partial charge in [-0.2, -0.15) is 0 Å². The van der Waals surface area contributed by atoms with E-state index < -0.39 is 0 Å². The zero-order valence-corrected chi connectivity index (χ0v) is 23.2. The zero-order valence-electron chi connectivity index (χ0n) is 22.2. The maximum atomic E-state index is 5.87. The van der Waals surface area contributed by atoms with Crippen LogP contribution in [0.1, 0.15) is 97.8 Å². The molecular weight excluding hydrogens is 450 g/mol. The normalized spacial score (nSPS) is 15.1. The molecule has 0 bridgehead atoms. The molecule has 192 valence electrons. The van der Waals surface area contributed by atoms with Gasteiger partial charge in [0.2, 0.25) is 5.88 Å². The average Bonchev–Trinajstić information content (AvgIpc) is 3.71. The molecule has 2 heterocycles. The maximum Gasteiger partial charge on any atom is 0.313 e. The van der Waals surface area contributed by atoms with E-state index in [1.165, 1.54) is 70.6 Å². The lowest BCUT2D eigenvalue weighted by Gasteiger charge is -2.14. The van der Waals surface area contributed by atoms with Gasteiger partial charge in [0.1, 0.15) is 11.4 Å². The largest absolute Gasteiger partial charge is 0.527 e. The number of hydrogen-bond donors (Lipinski definition) is 0. The Hall–Kier alpha value is -1.95. The lowest BCUT2D eigenvalue weighted by atomic mass is 9.95. The van der Waals surface area contributed by atoms with Crippen LogP contribution < -0.4 is 9.16 Å². The van der Waals surface area contributed by atoms with Gasteiger partial charge in [0.05, 0.1) is 18.5 Å². The molecule has 1 aliphatic rings. The molecule has 1 aliphatic carbocycles. The first-order valence-electron chi connectivity index (χ1n) is 14.0. The van der Waals surface area contributed by atoms with Crippen molar-refractivity contribution in [2.45, 2.75) is 104 Å². The van der Waals surface area contributed by atoms with Crippen LogP contribution in [-0.2, 0) is 0 Å². The number of pyridine rings is 1. The molecule has 2 unspecified atom stereocenters. The molecule has 6 heteroatoms. The summed E-state index contributed by atoms with van der Waals surface area (Å²) in [5, 5.41) is 8.56. The number of unbranched alkanes of at least 4 members (excludes halogenated alkanes) is 4. The molecule has 0 amide bonds. The van der Waals surface area contributed by atoms with Crippen molar-refractivity contribution in [1.82, 2.24) is 15.2 Å². The van der Waals surface area contributed by atoms with Gasteiger partial charge in [-0.3, -0.25) is 4.98 Å². The quantitative estimate of drug-likeness (QED) is 0.146. The van der Waals surface area contributed by atoms with Gasteiger partial charge in [-0.1, -0.05) is 91.4 Å². The summed E-state index contributed by atoms with van der Waals surface area (Å²) in [7, 11) is 0.422. The summed E-state index contributed by atoms with van der Waals surface area (Å²) in [4.78, 5) is 4.51. The fourth-order valence-electron chi connectivity index (χ4n) is 4.24. The first-order valence-corrected chi connectivity index (χ1v) is 15.1. The molecular formula is C29H45N3O2Si. The molecule has 0 spiro atoms. The summed E-state index contributed by atoms with van der Waals surface area (Å²) >= 11 is 0. The predicted octanol–water partition coefficient (Wildman–Crippen LogP) is 7.94. The Bertz CT molecular complexity index is 812. The molecule has 2 radical (unpaired) electrons. The third-order valence-electron chi connectivity index (χ3n) is 6.92. The molecule has 1 fully saturated rings. The van der Waals surface area contributed by atoms with E-state index in [1.807, 2.05) is 24.3 Å². The minimum Gasteiger partial charge on any atom is -0.527 e. The summed E-state index contributed by atoms with van der Waals surface area (Å²) in [6.45, 7) is 7.73. The van der Waals surface area contributed by atoms with Gasteiger partial charge in [0.15, 0.2) is 0 Å². The van der Waals surface area contributed by atoms with E-state index in [4.69, 9.17) is 9.16 Å². The number of ether oxygens (including phenoxy) is 1. The van der Waals surface area contributed by atoms with Crippen LogP contribution in [0.5, 0.6) is 11.6 Å². The summed E-state index contributed by atoms with van der Waals surface area (Å²) < 4.78 is 11.7. The van der Waals surface area contributed by atoms with Crippen LogP contribution in [0.2, 0.25) is 6.04 Å². The molecule has 3 rings (SSSR count). The van der Waals surface area contributed by atoms with E-state index in [9.17, 15) is 0 Å². The number of aromatic nitrogens is 3. The second-order valence-electron chi connectivity index (χ2n) is 10.5. The Labute approximate surface area is 215 Å². The number of hydrogen-bond acceptors (Lipinski definition) is 5. The Morgan fingerprint density at radius 3 is 2.40 bits per heavy atom.